The summed E-state index contributed by atoms with van der Waals surface area (Å²) in [7, 11) is 0. The zero-order valence-corrected chi connectivity index (χ0v) is 11.0. The number of esters is 1. The summed E-state index contributed by atoms with van der Waals surface area (Å²) in [6.45, 7) is 4.48. The van der Waals surface area contributed by atoms with Crippen LogP contribution in [0.3, 0.4) is 0 Å². The summed E-state index contributed by atoms with van der Waals surface area (Å²) >= 11 is 1.55. The number of hydrogen-bond donors (Lipinski definition) is 1. The number of ether oxygens (including phenoxy) is 1. The average Bonchev–Trinajstić information content (AvgIpc) is 2.86. The van der Waals surface area contributed by atoms with E-state index in [9.17, 15) is 4.79 Å². The van der Waals surface area contributed by atoms with Crippen LogP contribution in [0.1, 0.15) is 28.1 Å². The number of nitrogens with zero attached hydrogens (tertiary/aromatic N) is 3. The summed E-state index contributed by atoms with van der Waals surface area (Å²) in [4.78, 5) is 15.9. The van der Waals surface area contributed by atoms with Gasteiger partial charge in [0.05, 0.1) is 18.8 Å². The van der Waals surface area contributed by atoms with Crippen molar-refractivity contribution in [3.8, 4) is 0 Å². The highest BCUT2D eigenvalue weighted by atomic mass is 32.1. The van der Waals surface area contributed by atoms with Gasteiger partial charge in [-0.25, -0.2) is 9.78 Å². The Morgan fingerprint density at radius 2 is 2.39 bits per heavy atom. The van der Waals surface area contributed by atoms with Crippen LogP contribution in [0, 0.1) is 6.92 Å². The van der Waals surface area contributed by atoms with Crippen LogP contribution in [-0.4, -0.2) is 27.3 Å². The van der Waals surface area contributed by atoms with Gasteiger partial charge in [0.1, 0.15) is 5.01 Å². The van der Waals surface area contributed by atoms with Crippen LogP contribution in [0.4, 0.5) is 5.69 Å². The van der Waals surface area contributed by atoms with Crippen LogP contribution < -0.4 is 5.73 Å². The fourth-order valence-electron chi connectivity index (χ4n) is 1.49. The number of aromatic nitrogens is 3. The van der Waals surface area contributed by atoms with Crippen LogP contribution >= 0.6 is 11.3 Å². The summed E-state index contributed by atoms with van der Waals surface area (Å²) < 4.78 is 6.47. The van der Waals surface area contributed by atoms with E-state index in [1.165, 1.54) is 0 Å². The molecule has 0 spiro atoms. The second-order valence-electron chi connectivity index (χ2n) is 3.73. The number of nitrogens with two attached hydrogens (primary N) is 1. The fourth-order valence-corrected chi connectivity index (χ4v) is 2.25. The molecule has 0 amide bonds. The Kier molecular flexibility index (Phi) is 3.61. The van der Waals surface area contributed by atoms with Gasteiger partial charge >= 0.3 is 5.97 Å². The number of carbonyl (C=O) groups excluding carboxylic acids is 1. The van der Waals surface area contributed by atoms with E-state index in [0.717, 1.165) is 10.7 Å². The maximum Gasteiger partial charge on any atom is 0.361 e. The lowest BCUT2D eigenvalue weighted by Gasteiger charge is -1.98. The first-order valence-electron chi connectivity index (χ1n) is 5.51. The Labute approximate surface area is 108 Å². The molecule has 0 atom stereocenters. The number of aryl methyl sites for hydroxylation is 1. The molecule has 96 valence electrons. The predicted octanol–water partition coefficient (Wildman–Crippen LogP) is 1.46. The molecule has 0 radical (unpaired) electrons. The predicted molar refractivity (Wildman–Crippen MR) is 68.5 cm³/mol. The molecule has 2 aromatic rings. The van der Waals surface area contributed by atoms with Gasteiger partial charge in [-0.05, 0) is 13.8 Å². The van der Waals surface area contributed by atoms with E-state index < -0.39 is 5.97 Å². The summed E-state index contributed by atoms with van der Waals surface area (Å²) in [5.41, 5.74) is 7.18. The first-order valence-corrected chi connectivity index (χ1v) is 6.39. The van der Waals surface area contributed by atoms with Crippen molar-refractivity contribution in [3.05, 3.63) is 28.0 Å². The molecule has 0 aromatic carbocycles. The van der Waals surface area contributed by atoms with Gasteiger partial charge in [-0.15, -0.1) is 11.3 Å². The van der Waals surface area contributed by atoms with Crippen molar-refractivity contribution >= 4 is 23.0 Å². The molecule has 0 saturated heterocycles. The van der Waals surface area contributed by atoms with E-state index >= 15 is 0 Å². The third-order valence-corrected chi connectivity index (χ3v) is 3.17. The van der Waals surface area contributed by atoms with Gasteiger partial charge in [-0.3, -0.25) is 4.68 Å². The van der Waals surface area contributed by atoms with E-state index in [1.807, 2.05) is 12.3 Å². The smallest absolute Gasteiger partial charge is 0.361 e. The Bertz CT molecular complexity index is 561. The molecule has 2 heterocycles. The van der Waals surface area contributed by atoms with Crippen molar-refractivity contribution in [2.75, 3.05) is 12.3 Å². The van der Waals surface area contributed by atoms with Crippen LogP contribution in [0.25, 0.3) is 0 Å². The van der Waals surface area contributed by atoms with Crippen molar-refractivity contribution < 1.29 is 9.53 Å². The highest BCUT2D eigenvalue weighted by Crippen LogP contribution is 2.14. The molecule has 2 aromatic heterocycles. The maximum absolute atomic E-state index is 11.5. The number of hydrogen-bond acceptors (Lipinski definition) is 6. The number of carbonyl (C=O) groups is 1. The lowest BCUT2D eigenvalue weighted by atomic mass is 10.4. The topological polar surface area (TPSA) is 83.0 Å². The molecule has 0 bridgehead atoms. The summed E-state index contributed by atoms with van der Waals surface area (Å²) in [6.07, 6.45) is 1.61. The second kappa shape index (κ2) is 5.18. The Balaban J connectivity index is 2.16. The van der Waals surface area contributed by atoms with Crippen LogP contribution in [-0.2, 0) is 11.3 Å². The number of thiazole rings is 1. The second-order valence-corrected chi connectivity index (χ2v) is 4.68. The van der Waals surface area contributed by atoms with Gasteiger partial charge in [0.2, 0.25) is 0 Å². The normalized spacial score (nSPS) is 10.6. The molecule has 0 unspecified atom stereocenters. The highest BCUT2D eigenvalue weighted by Gasteiger charge is 2.16. The van der Waals surface area contributed by atoms with Crippen molar-refractivity contribution in [1.82, 2.24) is 14.8 Å². The SMILES string of the molecule is CCOC(=O)c1nn(Cc2nc(C)cs2)cc1N. The molecule has 6 nitrogen and oxygen atoms in total. The average molecular weight is 266 g/mol. The van der Waals surface area contributed by atoms with Gasteiger partial charge in [0.15, 0.2) is 5.69 Å². The van der Waals surface area contributed by atoms with Gasteiger partial charge in [-0.1, -0.05) is 0 Å². The molecule has 18 heavy (non-hydrogen) atoms. The fraction of sp³-hybridized carbons (Fsp3) is 0.364. The monoisotopic (exact) mass is 266 g/mol. The van der Waals surface area contributed by atoms with E-state index in [2.05, 4.69) is 10.1 Å². The zero-order chi connectivity index (χ0) is 13.1. The summed E-state index contributed by atoms with van der Waals surface area (Å²) in [6, 6.07) is 0. The summed E-state index contributed by atoms with van der Waals surface area (Å²) in [5.74, 6) is -0.496. The van der Waals surface area contributed by atoms with Crippen molar-refractivity contribution in [2.24, 2.45) is 0 Å². The van der Waals surface area contributed by atoms with E-state index in [-0.39, 0.29) is 5.69 Å². The van der Waals surface area contributed by atoms with Gasteiger partial charge in [0, 0.05) is 17.3 Å². The van der Waals surface area contributed by atoms with E-state index in [1.54, 1.807) is 29.1 Å². The molecule has 0 aliphatic carbocycles. The minimum Gasteiger partial charge on any atom is -0.461 e. The molecule has 2 rings (SSSR count). The van der Waals surface area contributed by atoms with Gasteiger partial charge in [0.25, 0.3) is 0 Å². The Morgan fingerprint density at radius 3 is 3.00 bits per heavy atom. The minimum absolute atomic E-state index is 0.158. The van der Waals surface area contributed by atoms with Crippen molar-refractivity contribution in [1.29, 1.82) is 0 Å². The third kappa shape index (κ3) is 2.67. The minimum atomic E-state index is -0.496. The standard InChI is InChI=1S/C11H14N4O2S/c1-3-17-11(16)10-8(12)4-15(14-10)5-9-13-7(2)6-18-9/h4,6H,3,5,12H2,1-2H3. The van der Waals surface area contributed by atoms with Crippen molar-refractivity contribution in [2.45, 2.75) is 20.4 Å². The molecule has 7 heteroatoms. The Morgan fingerprint density at radius 1 is 1.61 bits per heavy atom. The molecular weight excluding hydrogens is 252 g/mol. The number of nitrogen functional groups attached to an aromatic ring is 1. The van der Waals surface area contributed by atoms with Gasteiger partial charge in [-0.2, -0.15) is 5.10 Å². The molecular formula is C11H14N4O2S. The molecule has 0 fully saturated rings. The molecule has 0 saturated carbocycles. The lowest BCUT2D eigenvalue weighted by Crippen LogP contribution is -2.09. The molecule has 0 aliphatic heterocycles. The third-order valence-electron chi connectivity index (χ3n) is 2.22. The lowest BCUT2D eigenvalue weighted by molar-refractivity contribution is 0.0519. The quantitative estimate of drug-likeness (QED) is 0.847. The molecule has 2 N–H and O–H groups in total. The van der Waals surface area contributed by atoms with Crippen LogP contribution in [0.5, 0.6) is 0 Å². The van der Waals surface area contributed by atoms with Crippen molar-refractivity contribution in [3.63, 3.8) is 0 Å². The maximum atomic E-state index is 11.5. The van der Waals surface area contributed by atoms with E-state index in [0.29, 0.717) is 18.8 Å². The number of anilines is 1. The highest BCUT2D eigenvalue weighted by molar-refractivity contribution is 7.09. The van der Waals surface area contributed by atoms with E-state index in [4.69, 9.17) is 10.5 Å². The number of rotatable bonds is 4. The summed E-state index contributed by atoms with van der Waals surface area (Å²) in [5, 5.41) is 7.01. The van der Waals surface area contributed by atoms with Gasteiger partial charge < -0.3 is 10.5 Å². The Hall–Kier alpha value is -1.89. The zero-order valence-electron chi connectivity index (χ0n) is 10.2. The first kappa shape index (κ1) is 12.6. The first-order chi connectivity index (χ1) is 8.60. The molecule has 0 aliphatic rings. The van der Waals surface area contributed by atoms with Crippen LogP contribution in [0.2, 0.25) is 0 Å². The largest absolute Gasteiger partial charge is 0.461 e. The van der Waals surface area contributed by atoms with Crippen LogP contribution in [0.15, 0.2) is 11.6 Å².